The molecule has 0 atom stereocenters. The van der Waals surface area contributed by atoms with Gasteiger partial charge in [-0.2, -0.15) is 0 Å². The van der Waals surface area contributed by atoms with Crippen molar-refractivity contribution in [2.24, 2.45) is 0 Å². The van der Waals surface area contributed by atoms with Gasteiger partial charge in [-0.1, -0.05) is 0 Å². The van der Waals surface area contributed by atoms with Crippen LogP contribution in [0, 0.1) is 0 Å². The second kappa shape index (κ2) is 3.98. The van der Waals surface area contributed by atoms with Crippen molar-refractivity contribution in [1.29, 1.82) is 0 Å². The van der Waals surface area contributed by atoms with Crippen LogP contribution >= 0.6 is 0 Å². The van der Waals surface area contributed by atoms with Gasteiger partial charge in [0.1, 0.15) is 0 Å². The smallest absolute Gasteiger partial charge is 0.0807 e. The summed E-state index contributed by atoms with van der Waals surface area (Å²) < 4.78 is 0. The van der Waals surface area contributed by atoms with Gasteiger partial charge in [0.2, 0.25) is 0 Å². The molecule has 4 radical (unpaired) electrons. The van der Waals surface area contributed by atoms with Crippen molar-refractivity contribution < 1.29 is 4.84 Å². The average molecular weight is 109 g/mol. The standard InChI is InChI=1S/C4H9B2NO/c1-3(2)8-7-4(5)6/h3-4,7H,1-2H3. The third-order valence-corrected chi connectivity index (χ3v) is 0.440. The maximum absolute atomic E-state index is 5.08. The first-order valence-corrected chi connectivity index (χ1v) is 2.55. The van der Waals surface area contributed by atoms with Gasteiger partial charge in [-0.25, -0.2) is 5.48 Å². The SMILES string of the molecule is [B]C([B])NOC(C)C. The van der Waals surface area contributed by atoms with Gasteiger partial charge in [0.15, 0.2) is 0 Å². The molecule has 0 aromatic carbocycles. The van der Waals surface area contributed by atoms with Gasteiger partial charge in [0, 0.05) is 0 Å². The van der Waals surface area contributed by atoms with Crippen molar-refractivity contribution in [1.82, 2.24) is 5.48 Å². The third-order valence-electron chi connectivity index (χ3n) is 0.440. The Labute approximate surface area is 52.8 Å². The molecule has 0 amide bonds. The lowest BCUT2D eigenvalue weighted by Crippen LogP contribution is -2.31. The van der Waals surface area contributed by atoms with Crippen molar-refractivity contribution in [3.8, 4) is 0 Å². The fraction of sp³-hybridized carbons (Fsp3) is 1.00. The minimum Gasteiger partial charge on any atom is -0.300 e. The van der Waals surface area contributed by atoms with Crippen LogP contribution in [0.1, 0.15) is 13.8 Å². The van der Waals surface area contributed by atoms with Gasteiger partial charge in [0.05, 0.1) is 21.8 Å². The second-order valence-electron chi connectivity index (χ2n) is 1.81. The molecule has 0 aromatic heterocycles. The molecule has 1 N–H and O–H groups in total. The molecule has 4 heteroatoms. The summed E-state index contributed by atoms with van der Waals surface area (Å²) in [6.45, 7) is 3.77. The Bertz CT molecular complexity index is 50.0. The monoisotopic (exact) mass is 109 g/mol. The summed E-state index contributed by atoms with van der Waals surface area (Å²) in [4.78, 5) is 4.80. The minimum absolute atomic E-state index is 0.115. The summed E-state index contributed by atoms with van der Waals surface area (Å²) in [5.74, 6) is -0.586. The highest BCUT2D eigenvalue weighted by atomic mass is 16.7. The summed E-state index contributed by atoms with van der Waals surface area (Å²) >= 11 is 0. The molecule has 0 aromatic rings. The first kappa shape index (κ1) is 8.05. The van der Waals surface area contributed by atoms with E-state index in [1.54, 1.807) is 0 Å². The summed E-state index contributed by atoms with van der Waals surface area (Å²) in [5, 5.41) is 0. The van der Waals surface area contributed by atoms with Crippen molar-refractivity contribution in [3.63, 3.8) is 0 Å². The number of rotatable bonds is 3. The molecule has 42 valence electrons. The van der Waals surface area contributed by atoms with Gasteiger partial charge < -0.3 is 4.84 Å². The van der Waals surface area contributed by atoms with Crippen LogP contribution in [-0.2, 0) is 4.84 Å². The molecular weight excluding hydrogens is 99.7 g/mol. The number of hydroxylamine groups is 1. The maximum atomic E-state index is 5.08. The lowest BCUT2D eigenvalue weighted by Gasteiger charge is -2.10. The molecule has 0 aliphatic heterocycles. The van der Waals surface area contributed by atoms with Crippen LogP contribution in [0.3, 0.4) is 0 Å². The van der Waals surface area contributed by atoms with E-state index in [1.807, 2.05) is 13.8 Å². The topological polar surface area (TPSA) is 21.3 Å². The van der Waals surface area contributed by atoms with E-state index in [1.165, 1.54) is 0 Å². The molecule has 0 rings (SSSR count). The van der Waals surface area contributed by atoms with Gasteiger partial charge in [-0.3, -0.25) is 0 Å². The van der Waals surface area contributed by atoms with Crippen LogP contribution in [-0.4, -0.2) is 27.6 Å². The predicted molar refractivity (Wildman–Crippen MR) is 34.7 cm³/mol. The highest BCUT2D eigenvalue weighted by Crippen LogP contribution is 1.81. The van der Waals surface area contributed by atoms with E-state index in [-0.39, 0.29) is 6.10 Å². The minimum atomic E-state index is -0.586. The fourth-order valence-corrected chi connectivity index (χ4v) is 0.215. The van der Waals surface area contributed by atoms with Gasteiger partial charge in [-0.15, -0.1) is 0 Å². The molecule has 0 saturated carbocycles. The molecule has 0 aliphatic carbocycles. The van der Waals surface area contributed by atoms with E-state index in [0.29, 0.717) is 0 Å². The average Bonchev–Trinajstić information content (AvgIpc) is 1.61. The predicted octanol–water partition coefficient (Wildman–Crippen LogP) is -0.463. The van der Waals surface area contributed by atoms with E-state index < -0.39 is 5.84 Å². The molecule has 0 saturated heterocycles. The van der Waals surface area contributed by atoms with Crippen LogP contribution in [0.15, 0.2) is 0 Å². The van der Waals surface area contributed by atoms with E-state index in [2.05, 4.69) is 5.48 Å². The van der Waals surface area contributed by atoms with Crippen molar-refractivity contribution >= 4 is 15.7 Å². The van der Waals surface area contributed by atoms with Gasteiger partial charge in [0.25, 0.3) is 0 Å². The summed E-state index contributed by atoms with van der Waals surface area (Å²) in [6.07, 6.45) is 0.115. The van der Waals surface area contributed by atoms with Crippen molar-refractivity contribution in [2.45, 2.75) is 25.8 Å². The van der Waals surface area contributed by atoms with Crippen LogP contribution in [0.4, 0.5) is 0 Å². The van der Waals surface area contributed by atoms with Gasteiger partial charge >= 0.3 is 0 Å². The second-order valence-corrected chi connectivity index (χ2v) is 1.81. The Morgan fingerprint density at radius 2 is 1.88 bits per heavy atom. The third kappa shape index (κ3) is 6.05. The molecular formula is C4H9B2NO. The van der Waals surface area contributed by atoms with E-state index >= 15 is 0 Å². The summed E-state index contributed by atoms with van der Waals surface area (Å²) in [5.41, 5.74) is 2.40. The van der Waals surface area contributed by atoms with Crippen molar-refractivity contribution in [2.75, 3.05) is 0 Å². The Balaban J connectivity index is 2.93. The van der Waals surface area contributed by atoms with Crippen LogP contribution in [0.5, 0.6) is 0 Å². The number of hydrogen-bond acceptors (Lipinski definition) is 2. The first-order chi connectivity index (χ1) is 3.63. The lowest BCUT2D eigenvalue weighted by atomic mass is 9.80. The molecule has 0 spiro atoms. The molecule has 0 bridgehead atoms. The van der Waals surface area contributed by atoms with E-state index in [0.717, 1.165) is 0 Å². The van der Waals surface area contributed by atoms with E-state index in [9.17, 15) is 0 Å². The molecule has 0 aliphatic rings. The Morgan fingerprint density at radius 3 is 2.00 bits per heavy atom. The summed E-state index contributed by atoms with van der Waals surface area (Å²) in [6, 6.07) is 0. The zero-order valence-corrected chi connectivity index (χ0v) is 5.22. The fourth-order valence-electron chi connectivity index (χ4n) is 0.215. The van der Waals surface area contributed by atoms with E-state index in [4.69, 9.17) is 20.5 Å². The van der Waals surface area contributed by atoms with Crippen LogP contribution in [0.2, 0.25) is 0 Å². The molecule has 2 nitrogen and oxygen atoms in total. The van der Waals surface area contributed by atoms with Crippen molar-refractivity contribution in [3.05, 3.63) is 0 Å². The molecule has 8 heavy (non-hydrogen) atoms. The first-order valence-electron chi connectivity index (χ1n) is 2.55. The molecule has 0 unspecified atom stereocenters. The largest absolute Gasteiger partial charge is 0.300 e. The highest BCUT2D eigenvalue weighted by Gasteiger charge is 1.92. The number of hydrogen-bond donors (Lipinski definition) is 1. The quantitative estimate of drug-likeness (QED) is 0.390. The highest BCUT2D eigenvalue weighted by molar-refractivity contribution is 6.35. The Kier molecular flexibility index (Phi) is 4.01. The summed E-state index contributed by atoms with van der Waals surface area (Å²) in [7, 11) is 10.2. The van der Waals surface area contributed by atoms with Gasteiger partial charge in [-0.05, 0) is 19.7 Å². The Hall–Kier alpha value is 0.0499. The van der Waals surface area contributed by atoms with Crippen LogP contribution in [0.25, 0.3) is 0 Å². The normalized spacial score (nSPS) is 11.0. The number of nitrogens with one attached hydrogen (secondary N) is 1. The molecule has 0 fully saturated rings. The maximum Gasteiger partial charge on any atom is 0.0807 e. The Morgan fingerprint density at radius 1 is 1.38 bits per heavy atom. The lowest BCUT2D eigenvalue weighted by molar-refractivity contribution is -0.000870. The molecule has 0 heterocycles. The zero-order chi connectivity index (χ0) is 6.57. The zero-order valence-electron chi connectivity index (χ0n) is 5.22. The van der Waals surface area contributed by atoms with Crippen LogP contribution < -0.4 is 5.48 Å².